The third kappa shape index (κ3) is 2.82. The topological polar surface area (TPSA) is 92.4 Å². The second kappa shape index (κ2) is 6.12. The van der Waals surface area contributed by atoms with Gasteiger partial charge in [0.1, 0.15) is 0 Å². The van der Waals surface area contributed by atoms with Gasteiger partial charge in [-0.15, -0.1) is 0 Å². The first-order chi connectivity index (χ1) is 9.55. The van der Waals surface area contributed by atoms with Crippen LogP contribution < -0.4 is 11.1 Å². The molecule has 5 heteroatoms. The molecule has 0 spiro atoms. The van der Waals surface area contributed by atoms with E-state index in [4.69, 9.17) is 5.73 Å². The summed E-state index contributed by atoms with van der Waals surface area (Å²) >= 11 is 0. The molecule has 20 heavy (non-hydrogen) atoms. The highest BCUT2D eigenvalue weighted by Crippen LogP contribution is 2.41. The smallest absolute Gasteiger partial charge is 0.311 e. The number of carbonyl (C=O) groups excluding carboxylic acids is 1. The Kier molecular flexibility index (Phi) is 4.68. The molecule has 0 saturated heterocycles. The first-order valence-corrected chi connectivity index (χ1v) is 7.76. The molecule has 2 rings (SSSR count). The Morgan fingerprint density at radius 3 is 1.90 bits per heavy atom. The number of carbonyl (C=O) groups is 2. The predicted molar refractivity (Wildman–Crippen MR) is 76.1 cm³/mol. The van der Waals surface area contributed by atoms with Crippen molar-refractivity contribution < 1.29 is 14.7 Å². The number of nitrogens with two attached hydrogens (primary N) is 1. The van der Waals surface area contributed by atoms with Crippen LogP contribution in [0.25, 0.3) is 0 Å². The van der Waals surface area contributed by atoms with Gasteiger partial charge in [-0.3, -0.25) is 9.59 Å². The summed E-state index contributed by atoms with van der Waals surface area (Å²) < 4.78 is 0. The van der Waals surface area contributed by atoms with Crippen LogP contribution in [0, 0.1) is 10.8 Å². The Hall–Kier alpha value is -1.10. The number of carboxylic acids is 1. The summed E-state index contributed by atoms with van der Waals surface area (Å²) in [7, 11) is 0. The minimum absolute atomic E-state index is 0.0453. The van der Waals surface area contributed by atoms with Crippen molar-refractivity contribution in [3.05, 3.63) is 0 Å². The van der Waals surface area contributed by atoms with Gasteiger partial charge in [-0.2, -0.15) is 0 Å². The maximum Gasteiger partial charge on any atom is 0.311 e. The molecule has 0 aromatic carbocycles. The van der Waals surface area contributed by atoms with E-state index in [1.165, 1.54) is 0 Å². The van der Waals surface area contributed by atoms with E-state index in [0.717, 1.165) is 44.9 Å². The molecule has 5 nitrogen and oxygen atoms in total. The van der Waals surface area contributed by atoms with Gasteiger partial charge in [0.05, 0.1) is 10.8 Å². The molecule has 2 aliphatic carbocycles. The highest BCUT2D eigenvalue weighted by Gasteiger charge is 2.45. The fourth-order valence-electron chi connectivity index (χ4n) is 3.44. The first-order valence-electron chi connectivity index (χ1n) is 7.76. The molecule has 0 bridgehead atoms. The molecule has 4 N–H and O–H groups in total. The van der Waals surface area contributed by atoms with Crippen molar-refractivity contribution >= 4 is 11.9 Å². The van der Waals surface area contributed by atoms with Crippen LogP contribution in [-0.4, -0.2) is 30.1 Å². The van der Waals surface area contributed by atoms with Gasteiger partial charge in [-0.05, 0) is 25.7 Å². The lowest BCUT2D eigenvalue weighted by atomic mass is 9.68. The fourth-order valence-corrected chi connectivity index (χ4v) is 3.44. The standard InChI is InChI=1S/C15H26N2O3/c16-10-14(8-5-9-14)12(18)17-11-15(13(19)20)6-3-1-2-4-7-15/h1-11,16H2,(H,17,18)(H,19,20). The van der Waals surface area contributed by atoms with Crippen LogP contribution in [0.2, 0.25) is 0 Å². The molecule has 2 saturated carbocycles. The minimum Gasteiger partial charge on any atom is -0.481 e. The minimum atomic E-state index is -0.772. The van der Waals surface area contributed by atoms with E-state index in [1.54, 1.807) is 0 Å². The monoisotopic (exact) mass is 282 g/mol. The van der Waals surface area contributed by atoms with E-state index in [-0.39, 0.29) is 12.5 Å². The van der Waals surface area contributed by atoms with Crippen LogP contribution in [0.3, 0.4) is 0 Å². The fraction of sp³-hybridized carbons (Fsp3) is 0.867. The Morgan fingerprint density at radius 1 is 0.950 bits per heavy atom. The van der Waals surface area contributed by atoms with E-state index >= 15 is 0 Å². The number of aliphatic carboxylic acids is 1. The SMILES string of the molecule is NCC1(C(=O)NCC2(C(=O)O)CCCCCC2)CCC1. The van der Waals surface area contributed by atoms with Crippen LogP contribution in [0.1, 0.15) is 57.8 Å². The van der Waals surface area contributed by atoms with E-state index < -0.39 is 16.8 Å². The molecular formula is C15H26N2O3. The van der Waals surface area contributed by atoms with Gasteiger partial charge < -0.3 is 16.2 Å². The summed E-state index contributed by atoms with van der Waals surface area (Å²) in [5.41, 5.74) is 4.52. The Balaban J connectivity index is 1.98. The van der Waals surface area contributed by atoms with E-state index in [1.807, 2.05) is 0 Å². The van der Waals surface area contributed by atoms with Gasteiger partial charge in [0.15, 0.2) is 0 Å². The maximum atomic E-state index is 12.3. The summed E-state index contributed by atoms with van der Waals surface area (Å²) in [6, 6.07) is 0. The molecule has 0 aliphatic heterocycles. The van der Waals surface area contributed by atoms with Crippen LogP contribution in [0.5, 0.6) is 0 Å². The van der Waals surface area contributed by atoms with Crippen molar-refractivity contribution in [2.75, 3.05) is 13.1 Å². The number of hydrogen-bond acceptors (Lipinski definition) is 3. The van der Waals surface area contributed by atoms with Gasteiger partial charge in [-0.25, -0.2) is 0 Å². The average molecular weight is 282 g/mol. The van der Waals surface area contributed by atoms with Gasteiger partial charge in [0.25, 0.3) is 0 Å². The van der Waals surface area contributed by atoms with Crippen molar-refractivity contribution in [2.45, 2.75) is 57.8 Å². The molecule has 2 fully saturated rings. The second-order valence-corrected chi connectivity index (χ2v) is 6.52. The summed E-state index contributed by atoms with van der Waals surface area (Å²) in [4.78, 5) is 24.0. The number of rotatable bonds is 5. The first kappa shape index (κ1) is 15.3. The molecule has 0 radical (unpaired) electrons. The van der Waals surface area contributed by atoms with Gasteiger partial charge >= 0.3 is 5.97 Å². The van der Waals surface area contributed by atoms with E-state index in [0.29, 0.717) is 19.4 Å². The Morgan fingerprint density at radius 2 is 1.50 bits per heavy atom. The number of amides is 1. The van der Waals surface area contributed by atoms with Crippen molar-refractivity contribution in [1.29, 1.82) is 0 Å². The van der Waals surface area contributed by atoms with Crippen LogP contribution >= 0.6 is 0 Å². The number of hydrogen-bond donors (Lipinski definition) is 3. The summed E-state index contributed by atoms with van der Waals surface area (Å²) in [6.07, 6.45) is 8.08. The molecule has 0 aromatic heterocycles. The molecule has 0 unspecified atom stereocenters. The largest absolute Gasteiger partial charge is 0.481 e. The predicted octanol–water partition coefficient (Wildman–Crippen LogP) is 1.66. The Labute approximate surface area is 120 Å². The quantitative estimate of drug-likeness (QED) is 0.669. The molecule has 114 valence electrons. The summed E-state index contributed by atoms with van der Waals surface area (Å²) in [5.74, 6) is -0.814. The normalized spacial score (nSPS) is 24.2. The van der Waals surface area contributed by atoms with Gasteiger partial charge in [-0.1, -0.05) is 32.1 Å². The zero-order chi connectivity index (χ0) is 14.6. The zero-order valence-electron chi connectivity index (χ0n) is 12.1. The highest BCUT2D eigenvalue weighted by molar-refractivity contribution is 5.84. The average Bonchev–Trinajstić information content (AvgIpc) is 2.62. The number of carboxylic acid groups (broad SMARTS) is 1. The summed E-state index contributed by atoms with van der Waals surface area (Å²) in [6.45, 7) is 0.613. The van der Waals surface area contributed by atoms with Crippen molar-refractivity contribution in [2.24, 2.45) is 16.6 Å². The molecule has 0 atom stereocenters. The van der Waals surface area contributed by atoms with Crippen LogP contribution in [0.4, 0.5) is 0 Å². The van der Waals surface area contributed by atoms with Gasteiger partial charge in [0, 0.05) is 13.1 Å². The molecule has 0 heterocycles. The highest BCUT2D eigenvalue weighted by atomic mass is 16.4. The van der Waals surface area contributed by atoms with Gasteiger partial charge in [0.2, 0.25) is 5.91 Å². The lowest BCUT2D eigenvalue weighted by Gasteiger charge is -2.40. The van der Waals surface area contributed by atoms with Crippen molar-refractivity contribution in [3.63, 3.8) is 0 Å². The summed E-state index contributed by atoms with van der Waals surface area (Å²) in [5, 5.41) is 12.5. The molecular weight excluding hydrogens is 256 g/mol. The van der Waals surface area contributed by atoms with Crippen molar-refractivity contribution in [3.8, 4) is 0 Å². The van der Waals surface area contributed by atoms with Crippen LogP contribution in [-0.2, 0) is 9.59 Å². The van der Waals surface area contributed by atoms with E-state index in [2.05, 4.69) is 5.32 Å². The Bertz CT molecular complexity index is 364. The zero-order valence-corrected chi connectivity index (χ0v) is 12.1. The van der Waals surface area contributed by atoms with E-state index in [9.17, 15) is 14.7 Å². The lowest BCUT2D eigenvalue weighted by molar-refractivity contribution is -0.150. The molecule has 2 aliphatic rings. The third-order valence-electron chi connectivity index (χ3n) is 5.28. The molecule has 0 aromatic rings. The van der Waals surface area contributed by atoms with Crippen molar-refractivity contribution in [1.82, 2.24) is 5.32 Å². The van der Waals surface area contributed by atoms with Crippen LogP contribution in [0.15, 0.2) is 0 Å². The lowest BCUT2D eigenvalue weighted by Crippen LogP contribution is -2.53. The second-order valence-electron chi connectivity index (χ2n) is 6.52. The maximum absolute atomic E-state index is 12.3. The third-order valence-corrected chi connectivity index (χ3v) is 5.28. The molecule has 1 amide bonds. The number of nitrogens with one attached hydrogen (secondary N) is 1.